The van der Waals surface area contributed by atoms with Gasteiger partial charge in [-0.1, -0.05) is 6.92 Å². The van der Waals surface area contributed by atoms with Gasteiger partial charge in [0.1, 0.15) is 18.0 Å². The minimum Gasteiger partial charge on any atom is -0.382 e. The second-order valence-electron chi connectivity index (χ2n) is 6.83. The molecule has 6 atom stereocenters. The smallest absolute Gasteiger partial charge is 0.382 e. The van der Waals surface area contributed by atoms with Crippen LogP contribution in [-0.4, -0.2) is 51.9 Å². The molecule has 19 heteroatoms. The molecule has 0 amide bonds. The SMILES string of the molecule is C[C@@H]1[C@H](COP(=O)(O)OP(=O)(O)OP(=O)(O)O)C[C@H](F)[C@@H]1n1cnc2c(N)ncnc21. The second-order valence-corrected chi connectivity index (χ2v) is 11.3. The van der Waals surface area contributed by atoms with Gasteiger partial charge >= 0.3 is 23.5 Å². The highest BCUT2D eigenvalue weighted by atomic mass is 31.3. The van der Waals surface area contributed by atoms with Crippen molar-refractivity contribution in [1.29, 1.82) is 0 Å². The van der Waals surface area contributed by atoms with Crippen LogP contribution in [0, 0.1) is 11.8 Å². The second kappa shape index (κ2) is 8.56. The van der Waals surface area contributed by atoms with Crippen LogP contribution in [-0.2, 0) is 26.8 Å². The van der Waals surface area contributed by atoms with Crippen molar-refractivity contribution in [3.05, 3.63) is 12.7 Å². The van der Waals surface area contributed by atoms with Crippen molar-refractivity contribution in [3.8, 4) is 0 Å². The molecule has 0 aliphatic heterocycles. The Morgan fingerprint density at radius 3 is 2.48 bits per heavy atom. The van der Waals surface area contributed by atoms with Gasteiger partial charge in [-0.05, 0) is 18.3 Å². The van der Waals surface area contributed by atoms with Crippen LogP contribution in [0.1, 0.15) is 19.4 Å². The molecule has 174 valence electrons. The summed E-state index contributed by atoms with van der Waals surface area (Å²) in [5.41, 5.74) is 6.33. The molecule has 0 aromatic carbocycles. The number of phosphoric ester groups is 1. The van der Waals surface area contributed by atoms with Gasteiger partial charge < -0.3 is 29.9 Å². The predicted molar refractivity (Wildman–Crippen MR) is 101 cm³/mol. The van der Waals surface area contributed by atoms with Gasteiger partial charge in [-0.15, -0.1) is 0 Å². The monoisotopic (exact) mass is 505 g/mol. The maximum atomic E-state index is 14.8. The Hall–Kier alpha value is -1.31. The van der Waals surface area contributed by atoms with Gasteiger partial charge in [0.15, 0.2) is 11.5 Å². The molecule has 2 unspecified atom stereocenters. The largest absolute Gasteiger partial charge is 0.490 e. The van der Waals surface area contributed by atoms with Crippen LogP contribution in [0.4, 0.5) is 10.2 Å². The van der Waals surface area contributed by atoms with Gasteiger partial charge in [-0.2, -0.15) is 8.62 Å². The molecule has 1 saturated carbocycles. The minimum atomic E-state index is -5.62. The van der Waals surface area contributed by atoms with Crippen LogP contribution in [0.15, 0.2) is 12.7 Å². The van der Waals surface area contributed by atoms with E-state index in [1.165, 1.54) is 17.2 Å². The van der Waals surface area contributed by atoms with E-state index in [4.69, 9.17) is 15.5 Å². The first-order chi connectivity index (χ1) is 14.2. The highest BCUT2D eigenvalue weighted by Crippen LogP contribution is 2.66. The Morgan fingerprint density at radius 1 is 1.16 bits per heavy atom. The Bertz CT molecular complexity index is 1110. The van der Waals surface area contributed by atoms with Gasteiger partial charge in [0, 0.05) is 0 Å². The Morgan fingerprint density at radius 2 is 1.84 bits per heavy atom. The van der Waals surface area contributed by atoms with E-state index in [1.54, 1.807) is 6.92 Å². The summed E-state index contributed by atoms with van der Waals surface area (Å²) in [7, 11) is -16.4. The first-order valence-corrected chi connectivity index (χ1v) is 13.1. The number of imidazole rings is 1. The third-order valence-corrected chi connectivity index (χ3v) is 8.56. The summed E-state index contributed by atoms with van der Waals surface area (Å²) in [6.07, 6.45) is 1.05. The topological polar surface area (TPSA) is 229 Å². The van der Waals surface area contributed by atoms with Crippen LogP contribution >= 0.6 is 23.5 Å². The third-order valence-electron chi connectivity index (χ3n) is 4.76. The highest BCUT2D eigenvalue weighted by molar-refractivity contribution is 7.66. The van der Waals surface area contributed by atoms with E-state index >= 15 is 0 Å². The molecule has 1 aliphatic carbocycles. The lowest BCUT2D eigenvalue weighted by Gasteiger charge is -2.23. The zero-order chi connectivity index (χ0) is 23.2. The maximum absolute atomic E-state index is 14.8. The molecule has 31 heavy (non-hydrogen) atoms. The van der Waals surface area contributed by atoms with Crippen molar-refractivity contribution in [1.82, 2.24) is 19.5 Å². The lowest BCUT2D eigenvalue weighted by molar-refractivity contribution is 0.140. The molecule has 2 heterocycles. The highest BCUT2D eigenvalue weighted by Gasteiger charge is 2.45. The van der Waals surface area contributed by atoms with E-state index in [9.17, 15) is 27.9 Å². The minimum absolute atomic E-state index is 0.0954. The summed E-state index contributed by atoms with van der Waals surface area (Å²) in [5.74, 6) is -0.994. The number of phosphoric acid groups is 3. The van der Waals surface area contributed by atoms with E-state index in [0.717, 1.165) is 0 Å². The Labute approximate surface area is 173 Å². The number of nitrogen functional groups attached to an aromatic ring is 1. The first-order valence-electron chi connectivity index (χ1n) is 8.54. The van der Waals surface area contributed by atoms with Crippen molar-refractivity contribution in [2.75, 3.05) is 12.3 Å². The van der Waals surface area contributed by atoms with Crippen LogP contribution < -0.4 is 5.73 Å². The molecule has 2 aromatic heterocycles. The third kappa shape index (κ3) is 5.74. The number of halogens is 1. The first kappa shape index (κ1) is 24.3. The Balaban J connectivity index is 1.70. The van der Waals surface area contributed by atoms with Crippen LogP contribution in [0.25, 0.3) is 11.2 Å². The summed E-state index contributed by atoms with van der Waals surface area (Å²) in [5, 5.41) is 0. The standard InChI is InChI=1S/C12H19FN5O10P3/c1-6-7(3-26-30(22,23)28-31(24,25)27-29(19,20)21)2-8(13)10(6)18-5-17-9-11(14)15-4-16-12(9)18/h4-8,10H,2-3H2,1H3,(H,22,23)(H,24,25)(H2,14,15,16)(H2,19,20,21)/t6-,7+,8+,10-/m1/s1. The van der Waals surface area contributed by atoms with Gasteiger partial charge in [-0.25, -0.2) is 33.0 Å². The fourth-order valence-electron chi connectivity index (χ4n) is 3.48. The number of alkyl halides is 1. The number of hydrogen-bond acceptors (Lipinski definition) is 10. The number of aromatic nitrogens is 4. The normalized spacial score (nSPS) is 28.5. The Kier molecular flexibility index (Phi) is 6.72. The van der Waals surface area contributed by atoms with Crippen LogP contribution in [0.3, 0.4) is 0 Å². The number of hydrogen-bond donors (Lipinski definition) is 5. The van der Waals surface area contributed by atoms with E-state index in [0.29, 0.717) is 11.2 Å². The summed E-state index contributed by atoms with van der Waals surface area (Å²) in [4.78, 5) is 47.8. The van der Waals surface area contributed by atoms with E-state index in [-0.39, 0.29) is 12.2 Å². The van der Waals surface area contributed by atoms with E-state index in [1.807, 2.05) is 0 Å². The molecule has 0 radical (unpaired) electrons. The molecule has 3 rings (SSSR count). The number of rotatable bonds is 8. The molecular weight excluding hydrogens is 486 g/mol. The average molecular weight is 505 g/mol. The lowest BCUT2D eigenvalue weighted by atomic mass is 9.96. The molecule has 0 saturated heterocycles. The fraction of sp³-hybridized carbons (Fsp3) is 0.583. The van der Waals surface area contributed by atoms with Gasteiger partial charge in [0.25, 0.3) is 0 Å². The maximum Gasteiger partial charge on any atom is 0.490 e. The molecular formula is C12H19FN5O10P3. The van der Waals surface area contributed by atoms with Crippen molar-refractivity contribution in [2.45, 2.75) is 25.6 Å². The molecule has 6 N–H and O–H groups in total. The molecule has 0 spiro atoms. The zero-order valence-electron chi connectivity index (χ0n) is 15.7. The number of fused-ring (bicyclic) bond motifs is 1. The summed E-state index contributed by atoms with van der Waals surface area (Å²) >= 11 is 0. The summed E-state index contributed by atoms with van der Waals surface area (Å²) in [6.45, 7) is 1.09. The molecule has 0 bridgehead atoms. The van der Waals surface area contributed by atoms with Gasteiger partial charge in [0.2, 0.25) is 0 Å². The molecule has 2 aromatic rings. The van der Waals surface area contributed by atoms with Crippen LogP contribution in [0.5, 0.6) is 0 Å². The zero-order valence-corrected chi connectivity index (χ0v) is 18.4. The molecule has 1 fully saturated rings. The lowest BCUT2D eigenvalue weighted by Crippen LogP contribution is -2.21. The molecule has 1 aliphatic rings. The van der Waals surface area contributed by atoms with Crippen molar-refractivity contribution >= 4 is 40.4 Å². The number of anilines is 1. The fourth-order valence-corrected chi connectivity index (χ4v) is 6.55. The van der Waals surface area contributed by atoms with Gasteiger partial charge in [0.05, 0.1) is 19.0 Å². The van der Waals surface area contributed by atoms with Crippen LogP contribution in [0.2, 0.25) is 0 Å². The number of nitrogens with two attached hydrogens (primary N) is 1. The summed E-state index contributed by atoms with van der Waals surface area (Å²) < 4.78 is 62.2. The average Bonchev–Trinajstić information content (AvgIpc) is 3.11. The summed E-state index contributed by atoms with van der Waals surface area (Å²) in [6, 6.07) is -0.770. The van der Waals surface area contributed by atoms with E-state index < -0.39 is 54.1 Å². The quantitative estimate of drug-likeness (QED) is 0.318. The van der Waals surface area contributed by atoms with Crippen molar-refractivity contribution < 1.29 is 50.8 Å². The van der Waals surface area contributed by atoms with Crippen molar-refractivity contribution in [2.24, 2.45) is 11.8 Å². The van der Waals surface area contributed by atoms with Gasteiger partial charge in [-0.3, -0.25) is 4.52 Å². The number of nitrogens with zero attached hydrogens (tertiary/aromatic N) is 4. The predicted octanol–water partition coefficient (Wildman–Crippen LogP) is 1.29. The molecule has 15 nitrogen and oxygen atoms in total. The van der Waals surface area contributed by atoms with Crippen molar-refractivity contribution in [3.63, 3.8) is 0 Å². The van der Waals surface area contributed by atoms with E-state index in [2.05, 4.69) is 28.1 Å².